The van der Waals surface area contributed by atoms with Crippen LogP contribution in [0.3, 0.4) is 0 Å². The van der Waals surface area contributed by atoms with Crippen LogP contribution < -0.4 is 10.6 Å². The molecule has 0 spiro atoms. The van der Waals surface area contributed by atoms with E-state index in [1.165, 1.54) is 29.8 Å². The fourth-order valence-corrected chi connectivity index (χ4v) is 3.26. The molecule has 0 aromatic carbocycles. The lowest BCUT2D eigenvalue weighted by atomic mass is 10.0. The zero-order chi connectivity index (χ0) is 17.9. The Kier molecular flexibility index (Phi) is 9.80. The first-order valence-electron chi connectivity index (χ1n) is 9.36. The summed E-state index contributed by atoms with van der Waals surface area (Å²) in [6.07, 6.45) is 6.98. The van der Waals surface area contributed by atoms with Crippen molar-refractivity contribution in [2.75, 3.05) is 53.4 Å². The topological polar surface area (TPSA) is 30.5 Å². The average molecular weight is 335 g/mol. The molecule has 0 aromatic heterocycles. The van der Waals surface area contributed by atoms with E-state index in [0.29, 0.717) is 0 Å². The van der Waals surface area contributed by atoms with E-state index in [1.807, 2.05) is 14.1 Å². The highest BCUT2D eigenvalue weighted by atomic mass is 15.3. The van der Waals surface area contributed by atoms with Gasteiger partial charge in [-0.15, -0.1) is 0 Å². The molecule has 138 valence electrons. The number of nitrogens with zero attached hydrogens (tertiary/aromatic N) is 2. The highest BCUT2D eigenvalue weighted by molar-refractivity contribution is 5.24. The summed E-state index contributed by atoms with van der Waals surface area (Å²) in [4.78, 5) is 4.95. The molecule has 1 rings (SSSR count). The van der Waals surface area contributed by atoms with Crippen LogP contribution in [0.25, 0.3) is 0 Å². The van der Waals surface area contributed by atoms with Crippen molar-refractivity contribution in [3.05, 3.63) is 35.7 Å². The Morgan fingerprint density at radius 1 is 1.29 bits per heavy atom. The maximum absolute atomic E-state index is 4.35. The molecule has 0 aromatic rings. The van der Waals surface area contributed by atoms with Crippen molar-refractivity contribution in [2.24, 2.45) is 5.92 Å². The smallest absolute Gasteiger partial charge is 0.0573 e. The van der Waals surface area contributed by atoms with Crippen molar-refractivity contribution in [1.29, 1.82) is 0 Å². The van der Waals surface area contributed by atoms with Crippen LogP contribution in [0, 0.1) is 5.92 Å². The molecule has 1 aliphatic rings. The van der Waals surface area contributed by atoms with Gasteiger partial charge in [0.05, 0.1) is 6.54 Å². The van der Waals surface area contributed by atoms with E-state index in [2.05, 4.69) is 59.9 Å². The maximum atomic E-state index is 4.35. The monoisotopic (exact) mass is 334 g/mol. The lowest BCUT2D eigenvalue weighted by molar-refractivity contribution is 0.185. The summed E-state index contributed by atoms with van der Waals surface area (Å²) in [5, 5.41) is 6.49. The van der Waals surface area contributed by atoms with Crippen LogP contribution in [0.1, 0.15) is 33.6 Å². The van der Waals surface area contributed by atoms with Crippen molar-refractivity contribution in [3.63, 3.8) is 0 Å². The molecule has 1 fully saturated rings. The molecule has 1 saturated heterocycles. The minimum Gasteiger partial charge on any atom is -0.372 e. The first-order chi connectivity index (χ1) is 11.5. The van der Waals surface area contributed by atoms with Crippen molar-refractivity contribution in [1.82, 2.24) is 20.4 Å². The van der Waals surface area contributed by atoms with Crippen molar-refractivity contribution in [2.45, 2.75) is 33.6 Å². The molecule has 0 aliphatic carbocycles. The van der Waals surface area contributed by atoms with E-state index in [-0.39, 0.29) is 0 Å². The average Bonchev–Trinajstić information content (AvgIpc) is 2.58. The molecular formula is C20H38N4. The molecule has 4 heteroatoms. The maximum Gasteiger partial charge on any atom is 0.0573 e. The number of hydrogen-bond donors (Lipinski definition) is 2. The molecule has 24 heavy (non-hydrogen) atoms. The fraction of sp³-hybridized carbons (Fsp3) is 0.700. The van der Waals surface area contributed by atoms with E-state index in [0.717, 1.165) is 45.2 Å². The highest BCUT2D eigenvalue weighted by Crippen LogP contribution is 2.21. The quantitative estimate of drug-likeness (QED) is 0.602. The van der Waals surface area contributed by atoms with Gasteiger partial charge in [0.25, 0.3) is 0 Å². The second kappa shape index (κ2) is 11.3. The number of rotatable bonds is 10. The van der Waals surface area contributed by atoms with Gasteiger partial charge in [0, 0.05) is 37.6 Å². The van der Waals surface area contributed by atoms with Gasteiger partial charge in [0.1, 0.15) is 0 Å². The molecule has 1 aliphatic heterocycles. The summed E-state index contributed by atoms with van der Waals surface area (Å²) in [6.45, 7) is 17.2. The van der Waals surface area contributed by atoms with Gasteiger partial charge in [-0.05, 0) is 52.9 Å². The predicted octanol–water partition coefficient (Wildman–Crippen LogP) is 2.82. The fourth-order valence-electron chi connectivity index (χ4n) is 3.26. The van der Waals surface area contributed by atoms with Crippen LogP contribution in [-0.4, -0.2) is 63.2 Å². The van der Waals surface area contributed by atoms with E-state index in [1.54, 1.807) is 0 Å². The number of nitrogens with one attached hydrogen (secondary N) is 2. The lowest BCUT2D eigenvalue weighted by Gasteiger charge is -2.41. The molecule has 0 saturated carbocycles. The van der Waals surface area contributed by atoms with Crippen LogP contribution >= 0.6 is 0 Å². The molecule has 0 amide bonds. The number of hydrogen-bond acceptors (Lipinski definition) is 4. The molecule has 0 radical (unpaired) electrons. The van der Waals surface area contributed by atoms with Gasteiger partial charge in [0.15, 0.2) is 0 Å². The third-order valence-electron chi connectivity index (χ3n) is 4.83. The predicted molar refractivity (Wildman–Crippen MR) is 106 cm³/mol. The Labute approximate surface area is 149 Å². The third-order valence-corrected chi connectivity index (χ3v) is 4.83. The summed E-state index contributed by atoms with van der Waals surface area (Å²) < 4.78 is 0. The molecule has 2 N–H and O–H groups in total. The Morgan fingerprint density at radius 3 is 2.58 bits per heavy atom. The lowest BCUT2D eigenvalue weighted by Crippen LogP contribution is -2.45. The molecule has 1 unspecified atom stereocenters. The van der Waals surface area contributed by atoms with Crippen LogP contribution in [0.4, 0.5) is 0 Å². The van der Waals surface area contributed by atoms with Gasteiger partial charge < -0.3 is 20.4 Å². The first-order valence-corrected chi connectivity index (χ1v) is 9.36. The Morgan fingerprint density at radius 2 is 2.04 bits per heavy atom. The Balaban J connectivity index is 2.61. The van der Waals surface area contributed by atoms with Gasteiger partial charge in [-0.3, -0.25) is 0 Å². The second-order valence-electron chi connectivity index (χ2n) is 6.83. The summed E-state index contributed by atoms with van der Waals surface area (Å²) >= 11 is 0. The Bertz CT molecular complexity index is 439. The molecular weight excluding hydrogens is 296 g/mol. The minimum absolute atomic E-state index is 0.750. The summed E-state index contributed by atoms with van der Waals surface area (Å²) in [6, 6.07) is 0. The third kappa shape index (κ3) is 6.70. The molecule has 4 nitrogen and oxygen atoms in total. The standard InChI is InChI=1S/C20H38N4/c1-7-19(9-10-21-5)16-23-11-12-24(15-18(23)4)20(8-2)13-17(3)14-22-6/h8,13,19,21-22H,4,7,9-12,14-16H2,1-3,5-6H3/b17-13-,20-8+. The molecule has 1 atom stereocenters. The van der Waals surface area contributed by atoms with Gasteiger partial charge in [-0.2, -0.15) is 0 Å². The molecule has 1 heterocycles. The second-order valence-corrected chi connectivity index (χ2v) is 6.83. The van der Waals surface area contributed by atoms with E-state index in [9.17, 15) is 0 Å². The highest BCUT2D eigenvalue weighted by Gasteiger charge is 2.22. The largest absolute Gasteiger partial charge is 0.372 e. The van der Waals surface area contributed by atoms with Crippen molar-refractivity contribution in [3.8, 4) is 0 Å². The number of allylic oxidation sites excluding steroid dienone is 2. The van der Waals surface area contributed by atoms with E-state index < -0.39 is 0 Å². The van der Waals surface area contributed by atoms with Crippen molar-refractivity contribution < 1.29 is 0 Å². The Hall–Kier alpha value is -1.26. The zero-order valence-electron chi connectivity index (χ0n) is 16.5. The molecule has 0 bridgehead atoms. The van der Waals surface area contributed by atoms with E-state index >= 15 is 0 Å². The summed E-state index contributed by atoms with van der Waals surface area (Å²) in [7, 11) is 4.03. The summed E-state index contributed by atoms with van der Waals surface area (Å²) in [5.41, 5.74) is 3.92. The number of piperazine rings is 1. The van der Waals surface area contributed by atoms with Crippen LogP contribution in [-0.2, 0) is 0 Å². The number of likely N-dealkylation sites (N-methyl/N-ethyl adjacent to an activating group) is 1. The zero-order valence-corrected chi connectivity index (χ0v) is 16.5. The van der Waals surface area contributed by atoms with Crippen LogP contribution in [0.2, 0.25) is 0 Å². The first kappa shape index (κ1) is 20.8. The van der Waals surface area contributed by atoms with Crippen LogP contribution in [0.5, 0.6) is 0 Å². The SMILES string of the molecule is C=C1CN(C(/C=C(/C)CNC)=C/C)CCN1CC(CC)CCNC. The van der Waals surface area contributed by atoms with Gasteiger partial charge in [-0.1, -0.05) is 31.6 Å². The summed E-state index contributed by atoms with van der Waals surface area (Å²) in [5.74, 6) is 0.750. The van der Waals surface area contributed by atoms with Gasteiger partial charge in [-0.25, -0.2) is 0 Å². The van der Waals surface area contributed by atoms with Crippen molar-refractivity contribution >= 4 is 0 Å². The van der Waals surface area contributed by atoms with Gasteiger partial charge >= 0.3 is 0 Å². The van der Waals surface area contributed by atoms with Gasteiger partial charge in [0.2, 0.25) is 0 Å². The minimum atomic E-state index is 0.750. The van der Waals surface area contributed by atoms with E-state index in [4.69, 9.17) is 0 Å². The van der Waals surface area contributed by atoms with Crippen LogP contribution in [0.15, 0.2) is 35.7 Å². The normalized spacial score (nSPS) is 18.3.